The minimum atomic E-state index is -3.90. The van der Waals surface area contributed by atoms with Gasteiger partial charge >= 0.3 is 0 Å². The van der Waals surface area contributed by atoms with Crippen LogP contribution in [0.15, 0.2) is 70.7 Å². The fourth-order valence-corrected chi connectivity index (χ4v) is 4.54. The summed E-state index contributed by atoms with van der Waals surface area (Å²) in [6.07, 6.45) is 3.36. The predicted octanol–water partition coefficient (Wildman–Crippen LogP) is 5.79. The maximum absolute atomic E-state index is 13.1. The van der Waals surface area contributed by atoms with Crippen molar-refractivity contribution in [1.82, 2.24) is 4.98 Å². The molecule has 0 saturated carbocycles. The van der Waals surface area contributed by atoms with Crippen LogP contribution in [0.25, 0.3) is 0 Å². The highest BCUT2D eigenvalue weighted by Gasteiger charge is 2.21. The van der Waals surface area contributed by atoms with E-state index in [0.717, 1.165) is 10.6 Å². The Morgan fingerprint density at radius 1 is 1.03 bits per heavy atom. The van der Waals surface area contributed by atoms with Crippen molar-refractivity contribution in [2.24, 2.45) is 0 Å². The molecule has 31 heavy (non-hydrogen) atoms. The fraction of sp³-hybridized carbons (Fsp3) is 0.217. The predicted molar refractivity (Wildman–Crippen MR) is 127 cm³/mol. The number of ketones is 1. The second-order valence-electron chi connectivity index (χ2n) is 7.99. The molecule has 0 spiro atoms. The summed E-state index contributed by atoms with van der Waals surface area (Å²) in [5.74, 6) is -0.372. The maximum atomic E-state index is 13.1. The van der Waals surface area contributed by atoms with Crippen molar-refractivity contribution in [3.63, 3.8) is 0 Å². The zero-order valence-electron chi connectivity index (χ0n) is 17.6. The summed E-state index contributed by atoms with van der Waals surface area (Å²) in [4.78, 5) is 17.4. The van der Waals surface area contributed by atoms with Crippen LogP contribution in [0.5, 0.6) is 0 Å². The van der Waals surface area contributed by atoms with Gasteiger partial charge in [0, 0.05) is 22.3 Å². The number of pyridine rings is 1. The van der Waals surface area contributed by atoms with E-state index in [9.17, 15) is 13.2 Å². The third-order valence-corrected chi connectivity index (χ3v) is 6.99. The molecule has 0 atom stereocenters. The smallest absolute Gasteiger partial charge is 0.261 e. The molecule has 0 bridgehead atoms. The highest BCUT2D eigenvalue weighted by molar-refractivity contribution is 7.98. The van der Waals surface area contributed by atoms with E-state index in [-0.39, 0.29) is 27.3 Å². The molecule has 0 radical (unpaired) electrons. The Hall–Kier alpha value is -2.35. The molecule has 3 aromatic rings. The van der Waals surface area contributed by atoms with Gasteiger partial charge in [-0.3, -0.25) is 9.52 Å². The fourth-order valence-electron chi connectivity index (χ4n) is 2.92. The number of benzene rings is 2. The number of hydrogen-bond acceptors (Lipinski definition) is 5. The Balaban J connectivity index is 1.95. The van der Waals surface area contributed by atoms with E-state index in [1.807, 2.05) is 6.26 Å². The summed E-state index contributed by atoms with van der Waals surface area (Å²) in [7, 11) is -3.90. The highest BCUT2D eigenvalue weighted by atomic mass is 35.5. The van der Waals surface area contributed by atoms with E-state index in [0.29, 0.717) is 10.6 Å². The van der Waals surface area contributed by atoms with Crippen molar-refractivity contribution in [2.75, 3.05) is 11.0 Å². The van der Waals surface area contributed by atoms with Crippen LogP contribution in [0.3, 0.4) is 0 Å². The molecule has 0 fully saturated rings. The summed E-state index contributed by atoms with van der Waals surface area (Å²) in [5.41, 5.74) is 1.58. The third-order valence-electron chi connectivity index (χ3n) is 4.71. The Labute approximate surface area is 192 Å². The molecule has 0 unspecified atom stereocenters. The van der Waals surface area contributed by atoms with Gasteiger partial charge in [-0.15, -0.1) is 11.8 Å². The van der Waals surface area contributed by atoms with Crippen molar-refractivity contribution >= 4 is 44.9 Å². The van der Waals surface area contributed by atoms with Crippen molar-refractivity contribution in [3.05, 3.63) is 82.5 Å². The first-order valence-corrected chi connectivity index (χ1v) is 12.6. The number of hydrogen-bond donors (Lipinski definition) is 1. The lowest BCUT2D eigenvalue weighted by molar-refractivity contribution is 0.103. The highest BCUT2D eigenvalue weighted by Crippen LogP contribution is 2.28. The van der Waals surface area contributed by atoms with Gasteiger partial charge in [-0.05, 0) is 59.7 Å². The molecule has 3 rings (SSSR count). The van der Waals surface area contributed by atoms with Gasteiger partial charge in [-0.2, -0.15) is 0 Å². The number of nitrogens with zero attached hydrogens (tertiary/aromatic N) is 1. The summed E-state index contributed by atoms with van der Waals surface area (Å²) in [5, 5.41) is 1.11. The van der Waals surface area contributed by atoms with Gasteiger partial charge in [-0.1, -0.05) is 44.5 Å². The number of rotatable bonds is 6. The van der Waals surface area contributed by atoms with Gasteiger partial charge in [0.2, 0.25) is 0 Å². The van der Waals surface area contributed by atoms with Crippen LogP contribution in [-0.4, -0.2) is 25.4 Å². The van der Waals surface area contributed by atoms with Gasteiger partial charge in [0.15, 0.2) is 5.78 Å². The Kier molecular flexibility index (Phi) is 6.79. The number of thioether (sulfide) groups is 1. The van der Waals surface area contributed by atoms with E-state index in [2.05, 4.69) is 30.5 Å². The largest absolute Gasteiger partial charge is 0.288 e. The van der Waals surface area contributed by atoms with Gasteiger partial charge in [0.1, 0.15) is 0 Å². The molecular formula is C23H23ClN2O3S2. The number of anilines is 1. The van der Waals surface area contributed by atoms with E-state index < -0.39 is 10.0 Å². The van der Waals surface area contributed by atoms with E-state index in [4.69, 9.17) is 11.6 Å². The normalized spacial score (nSPS) is 11.9. The molecule has 1 aromatic heterocycles. The molecule has 0 aliphatic heterocycles. The van der Waals surface area contributed by atoms with E-state index in [1.54, 1.807) is 36.4 Å². The number of sulfonamides is 1. The van der Waals surface area contributed by atoms with E-state index >= 15 is 0 Å². The molecule has 0 amide bonds. The van der Waals surface area contributed by atoms with Crippen LogP contribution in [-0.2, 0) is 15.4 Å². The van der Waals surface area contributed by atoms with Crippen molar-refractivity contribution < 1.29 is 13.2 Å². The molecule has 1 N–H and O–H groups in total. The molecule has 0 aliphatic rings. The Morgan fingerprint density at radius 2 is 1.71 bits per heavy atom. The minimum Gasteiger partial charge on any atom is -0.288 e. The zero-order chi connectivity index (χ0) is 22.8. The molecule has 0 aliphatic carbocycles. The van der Waals surface area contributed by atoms with Gasteiger partial charge in [0.05, 0.1) is 15.6 Å². The molecule has 8 heteroatoms. The quantitative estimate of drug-likeness (QED) is 0.361. The second-order valence-corrected chi connectivity index (χ2v) is 10.9. The number of nitrogens with one attached hydrogen (secondary N) is 1. The number of carbonyl (C=O) groups is 1. The molecule has 1 heterocycles. The SMILES string of the molecule is CSc1ccc(C(=O)c2cc(Cl)ccc2NS(=O)(=O)c2ccc(C(C)(C)C)cc2)cn1. The van der Waals surface area contributed by atoms with Crippen molar-refractivity contribution in [1.29, 1.82) is 0 Å². The lowest BCUT2D eigenvalue weighted by atomic mass is 9.87. The average molecular weight is 475 g/mol. The van der Waals surface area contributed by atoms with E-state index in [1.165, 1.54) is 36.2 Å². The number of halogens is 1. The van der Waals surface area contributed by atoms with Crippen LogP contribution >= 0.6 is 23.4 Å². The lowest BCUT2D eigenvalue weighted by Gasteiger charge is -2.19. The molecular weight excluding hydrogens is 452 g/mol. The molecule has 162 valence electrons. The molecule has 0 saturated heterocycles. The monoisotopic (exact) mass is 474 g/mol. The van der Waals surface area contributed by atoms with Crippen LogP contribution in [0.4, 0.5) is 5.69 Å². The Bertz CT molecular complexity index is 1200. The average Bonchev–Trinajstić information content (AvgIpc) is 2.74. The standard InChI is InChI=1S/C23H23ClN2O3S2/c1-23(2,3)16-6-9-18(10-7-16)31(28,29)26-20-11-8-17(24)13-19(20)22(27)15-5-12-21(30-4)25-14-15/h5-14,26H,1-4H3. The van der Waals surface area contributed by atoms with Crippen LogP contribution in [0.2, 0.25) is 5.02 Å². The first kappa shape index (κ1) is 23.3. The van der Waals surface area contributed by atoms with Gasteiger partial charge < -0.3 is 0 Å². The van der Waals surface area contributed by atoms with Crippen molar-refractivity contribution in [3.8, 4) is 0 Å². The first-order valence-electron chi connectivity index (χ1n) is 9.49. The molecule has 5 nitrogen and oxygen atoms in total. The summed E-state index contributed by atoms with van der Waals surface area (Å²) in [6, 6.07) is 14.6. The first-order chi connectivity index (χ1) is 14.5. The van der Waals surface area contributed by atoms with Crippen LogP contribution in [0.1, 0.15) is 42.3 Å². The lowest BCUT2D eigenvalue weighted by Crippen LogP contribution is -2.17. The maximum Gasteiger partial charge on any atom is 0.261 e. The van der Waals surface area contributed by atoms with Gasteiger partial charge in [0.25, 0.3) is 10.0 Å². The van der Waals surface area contributed by atoms with Gasteiger partial charge in [-0.25, -0.2) is 13.4 Å². The second kappa shape index (κ2) is 9.02. The van der Waals surface area contributed by atoms with Crippen LogP contribution < -0.4 is 4.72 Å². The third kappa shape index (κ3) is 5.47. The topological polar surface area (TPSA) is 76.1 Å². The van der Waals surface area contributed by atoms with Crippen LogP contribution in [0, 0.1) is 0 Å². The molecule has 2 aromatic carbocycles. The Morgan fingerprint density at radius 3 is 2.26 bits per heavy atom. The summed E-state index contributed by atoms with van der Waals surface area (Å²) in [6.45, 7) is 6.17. The summed E-state index contributed by atoms with van der Waals surface area (Å²) < 4.78 is 28.5. The summed E-state index contributed by atoms with van der Waals surface area (Å²) >= 11 is 7.56. The number of aromatic nitrogens is 1. The minimum absolute atomic E-state index is 0.0919. The van der Waals surface area contributed by atoms with Crippen molar-refractivity contribution in [2.45, 2.75) is 36.1 Å². The number of carbonyl (C=O) groups excluding carboxylic acids is 1. The zero-order valence-corrected chi connectivity index (χ0v) is 20.0.